The number of hydrogen-bond donors (Lipinski definition) is 7. The molecule has 0 aliphatic rings. The molecule has 0 aromatic heterocycles. The summed E-state index contributed by atoms with van der Waals surface area (Å²) in [7, 11) is -4.64. The van der Waals surface area contributed by atoms with E-state index in [2.05, 4.69) is 0 Å². The fourth-order valence-electron chi connectivity index (χ4n) is 0.300. The van der Waals surface area contributed by atoms with Crippen LogP contribution in [0.25, 0.3) is 0 Å². The van der Waals surface area contributed by atoms with E-state index < -0.39 is 14.6 Å². The molecular weight excluding hydrogens is 202 g/mol. The van der Waals surface area contributed by atoms with Crippen LogP contribution >= 0.6 is 7.26 Å². The summed E-state index contributed by atoms with van der Waals surface area (Å²) in [4.78, 5) is 0. The van der Waals surface area contributed by atoms with E-state index in [0.717, 1.165) is 0 Å². The molecule has 0 bridgehead atoms. The molecule has 0 spiro atoms. The number of hydrogen-bond acceptors (Lipinski definition) is 7. The molecule has 0 aromatic carbocycles. The Hall–Kier alpha value is 0.215. The van der Waals surface area contributed by atoms with Crippen molar-refractivity contribution in [3.63, 3.8) is 0 Å². The molecule has 0 saturated carbocycles. The van der Waals surface area contributed by atoms with Gasteiger partial charge in [0.1, 0.15) is 0 Å². The van der Waals surface area contributed by atoms with Crippen molar-refractivity contribution in [2.45, 2.75) is 0 Å². The zero-order valence-corrected chi connectivity index (χ0v) is 8.04. The van der Waals surface area contributed by atoms with Crippen LogP contribution in [-0.2, 0) is 0 Å². The van der Waals surface area contributed by atoms with Crippen molar-refractivity contribution in [2.24, 2.45) is 0 Å². The molecule has 0 fully saturated rings. The summed E-state index contributed by atoms with van der Waals surface area (Å²) in [6.07, 6.45) is -1.07. The molecule has 7 nitrogen and oxygen atoms in total. The zero-order chi connectivity index (χ0) is 10.9. The number of aliphatic hydroxyl groups is 4. The van der Waals surface area contributed by atoms with Gasteiger partial charge < -0.3 is 15.1 Å². The summed E-state index contributed by atoms with van der Waals surface area (Å²) in [6.45, 7) is 0. The first kappa shape index (κ1) is 15.7. The van der Waals surface area contributed by atoms with Gasteiger partial charge in [-0.25, -0.2) is 0 Å². The van der Waals surface area contributed by atoms with Gasteiger partial charge in [-0.05, 0) is 0 Å². The second-order valence-corrected chi connectivity index (χ2v) is 6.74. The maximum absolute atomic E-state index is 8.56. The fraction of sp³-hybridized carbons (Fsp3) is 1.00. The Labute approximate surface area is 76.4 Å². The van der Waals surface area contributed by atoms with Gasteiger partial charge in [-0.15, -0.1) is 0 Å². The molecule has 13 heavy (non-hydrogen) atoms. The first-order chi connectivity index (χ1) is 5.97. The molecule has 0 aliphatic heterocycles. The number of rotatable bonds is 4. The standard InChI is InChI=1S/C4H13O4P.BH3O3/c5-1-9(2-6,3-7)4-8;2-1(3)4/h5-9H,1-4H2;2-4H. The maximum atomic E-state index is 8.56. The SMILES string of the molecule is OB(O)O.OC[PH](CO)(CO)CO. The van der Waals surface area contributed by atoms with E-state index in [-0.39, 0.29) is 25.4 Å². The van der Waals surface area contributed by atoms with Gasteiger partial charge in [0.2, 0.25) is 0 Å². The van der Waals surface area contributed by atoms with Crippen molar-refractivity contribution in [1.82, 2.24) is 0 Å². The zero-order valence-electron chi connectivity index (χ0n) is 7.04. The van der Waals surface area contributed by atoms with E-state index >= 15 is 0 Å². The van der Waals surface area contributed by atoms with Crippen molar-refractivity contribution in [2.75, 3.05) is 25.4 Å². The van der Waals surface area contributed by atoms with Gasteiger partial charge in [0.15, 0.2) is 0 Å². The normalized spacial score (nSPS) is 11.6. The average Bonchev–Trinajstić information content (AvgIpc) is 2.09. The van der Waals surface area contributed by atoms with Crippen LogP contribution in [0.5, 0.6) is 0 Å². The van der Waals surface area contributed by atoms with Crippen molar-refractivity contribution in [3.05, 3.63) is 0 Å². The summed E-state index contributed by atoms with van der Waals surface area (Å²) < 4.78 is 0. The third-order valence-corrected chi connectivity index (χ3v) is 4.02. The van der Waals surface area contributed by atoms with Crippen LogP contribution in [0.2, 0.25) is 0 Å². The predicted octanol–water partition coefficient (Wildman–Crippen LogP) is -3.52. The second-order valence-electron chi connectivity index (χ2n) is 2.48. The van der Waals surface area contributed by atoms with Crippen LogP contribution in [0.15, 0.2) is 0 Å². The quantitative estimate of drug-likeness (QED) is 0.191. The van der Waals surface area contributed by atoms with Crippen molar-refractivity contribution in [1.29, 1.82) is 0 Å². The predicted molar refractivity (Wildman–Crippen MR) is 49.1 cm³/mol. The van der Waals surface area contributed by atoms with Crippen molar-refractivity contribution in [3.8, 4) is 0 Å². The minimum absolute atomic E-state index is 0.267. The Bertz CT molecular complexity index is 88.4. The molecular formula is C4H16BO7P. The van der Waals surface area contributed by atoms with Crippen LogP contribution in [-0.4, -0.2) is 68.2 Å². The topological polar surface area (TPSA) is 142 Å². The van der Waals surface area contributed by atoms with Gasteiger partial charge in [0, 0.05) is 0 Å². The summed E-state index contributed by atoms with van der Waals surface area (Å²) in [5.41, 5.74) is 0. The molecule has 0 saturated heterocycles. The number of aliphatic hydroxyl groups excluding tert-OH is 4. The summed E-state index contributed by atoms with van der Waals surface area (Å²) in [6, 6.07) is 0. The third-order valence-electron chi connectivity index (χ3n) is 1.34. The molecule has 0 atom stereocenters. The van der Waals surface area contributed by atoms with E-state index in [0.29, 0.717) is 0 Å². The molecule has 7 N–H and O–H groups in total. The molecule has 0 aromatic rings. The Balaban J connectivity index is 0. The molecule has 0 heterocycles. The van der Waals surface area contributed by atoms with Crippen LogP contribution in [0.3, 0.4) is 0 Å². The van der Waals surface area contributed by atoms with E-state index in [1.54, 1.807) is 0 Å². The van der Waals surface area contributed by atoms with Gasteiger partial charge in [0.05, 0.1) is 0 Å². The second kappa shape index (κ2) is 8.80. The van der Waals surface area contributed by atoms with Gasteiger partial charge in [-0.1, -0.05) is 0 Å². The van der Waals surface area contributed by atoms with E-state index in [4.69, 9.17) is 35.5 Å². The molecule has 0 amide bonds. The first-order valence-electron chi connectivity index (χ1n) is 3.45. The summed E-state index contributed by atoms with van der Waals surface area (Å²) in [5, 5.41) is 55.7. The van der Waals surface area contributed by atoms with Gasteiger partial charge >= 0.3 is 60.4 Å². The third kappa shape index (κ3) is 8.54. The van der Waals surface area contributed by atoms with E-state index in [1.165, 1.54) is 0 Å². The molecule has 82 valence electrons. The van der Waals surface area contributed by atoms with Crippen molar-refractivity contribution < 1.29 is 35.5 Å². The summed E-state index contributed by atoms with van der Waals surface area (Å²) in [5.74, 6) is 0. The van der Waals surface area contributed by atoms with Gasteiger partial charge in [0.25, 0.3) is 0 Å². The summed E-state index contributed by atoms with van der Waals surface area (Å²) >= 11 is 0. The van der Waals surface area contributed by atoms with Crippen LogP contribution in [0, 0.1) is 0 Å². The van der Waals surface area contributed by atoms with Crippen LogP contribution in [0.4, 0.5) is 0 Å². The van der Waals surface area contributed by atoms with Crippen LogP contribution in [0.1, 0.15) is 0 Å². The van der Waals surface area contributed by atoms with Gasteiger partial charge in [-0.3, -0.25) is 0 Å². The Morgan fingerprint density at radius 3 is 0.846 bits per heavy atom. The average molecular weight is 218 g/mol. The van der Waals surface area contributed by atoms with E-state index in [9.17, 15) is 0 Å². The van der Waals surface area contributed by atoms with Crippen LogP contribution < -0.4 is 0 Å². The molecule has 0 radical (unpaired) electrons. The minimum atomic E-state index is -2.47. The Morgan fingerprint density at radius 1 is 0.692 bits per heavy atom. The fourth-order valence-corrected chi connectivity index (χ4v) is 0.900. The monoisotopic (exact) mass is 218 g/mol. The van der Waals surface area contributed by atoms with Crippen molar-refractivity contribution >= 4 is 14.6 Å². The molecule has 0 aliphatic carbocycles. The Kier molecular flexibility index (Phi) is 10.6. The molecule has 9 heteroatoms. The molecule has 0 unspecified atom stereocenters. The first-order valence-corrected chi connectivity index (χ1v) is 6.28. The van der Waals surface area contributed by atoms with E-state index in [1.807, 2.05) is 0 Å². The molecule has 0 rings (SSSR count). The Morgan fingerprint density at radius 2 is 0.846 bits per heavy atom. The van der Waals surface area contributed by atoms with Gasteiger partial charge in [-0.2, -0.15) is 0 Å².